The molecule has 0 unspecified atom stereocenters. The quantitative estimate of drug-likeness (QED) is 0.736. The van der Waals surface area contributed by atoms with Gasteiger partial charge < -0.3 is 10.1 Å². The average Bonchev–Trinajstić information content (AvgIpc) is 2.93. The number of benzene rings is 2. The maximum Gasteiger partial charge on any atom is 0.418 e. The summed E-state index contributed by atoms with van der Waals surface area (Å²) in [7, 11) is 1.61. The fourth-order valence-electron chi connectivity index (χ4n) is 3.77. The van der Waals surface area contributed by atoms with Crippen LogP contribution in [0.4, 0.5) is 18.9 Å². The van der Waals surface area contributed by atoms with Crippen LogP contribution in [-0.2, 0) is 11.0 Å². The number of nitrogens with zero attached hydrogens (tertiary/aromatic N) is 1. The van der Waals surface area contributed by atoms with Gasteiger partial charge in [0.1, 0.15) is 5.75 Å². The molecule has 1 atom stereocenters. The number of ether oxygens (including phenoxy) is 1. The van der Waals surface area contributed by atoms with Crippen molar-refractivity contribution >= 4 is 11.6 Å². The predicted molar refractivity (Wildman–Crippen MR) is 106 cm³/mol. The van der Waals surface area contributed by atoms with E-state index in [2.05, 4.69) is 10.2 Å². The molecule has 0 bridgehead atoms. The van der Waals surface area contributed by atoms with Gasteiger partial charge in [0, 0.05) is 6.04 Å². The molecule has 1 aliphatic rings. The monoisotopic (exact) mass is 406 g/mol. The maximum atomic E-state index is 13.2. The molecule has 2 aromatic rings. The van der Waals surface area contributed by atoms with E-state index in [0.717, 1.165) is 49.6 Å². The molecule has 0 aliphatic carbocycles. The summed E-state index contributed by atoms with van der Waals surface area (Å²) in [4.78, 5) is 14.7. The smallest absolute Gasteiger partial charge is 0.418 e. The molecule has 7 heteroatoms. The fraction of sp³-hybridized carbons (Fsp3) is 0.409. The van der Waals surface area contributed by atoms with Crippen LogP contribution in [0.5, 0.6) is 5.75 Å². The van der Waals surface area contributed by atoms with E-state index in [1.807, 2.05) is 24.3 Å². The number of amides is 1. The van der Waals surface area contributed by atoms with Crippen molar-refractivity contribution in [1.82, 2.24) is 4.90 Å². The molecule has 0 saturated carbocycles. The van der Waals surface area contributed by atoms with Crippen LogP contribution >= 0.6 is 0 Å². The SMILES string of the molecule is COc1ccc([C@@H]2CCCCCN2CC(=O)Nc2ccccc2C(F)(F)F)cc1. The molecule has 1 amide bonds. The zero-order valence-electron chi connectivity index (χ0n) is 16.3. The van der Waals surface area contributed by atoms with Gasteiger partial charge in [-0.3, -0.25) is 9.69 Å². The molecule has 1 saturated heterocycles. The number of rotatable bonds is 5. The standard InChI is InChI=1S/C22H25F3N2O2/c1-29-17-12-10-16(11-13-17)20-9-3-2-6-14-27(20)15-21(28)26-19-8-5-4-7-18(19)22(23,24)25/h4-5,7-8,10-13,20H,2-3,6,9,14-15H2,1H3,(H,26,28)/t20-/m0/s1. The van der Waals surface area contributed by atoms with Crippen molar-refractivity contribution < 1.29 is 22.7 Å². The Hall–Kier alpha value is -2.54. The van der Waals surface area contributed by atoms with Crippen LogP contribution in [0.2, 0.25) is 0 Å². The lowest BCUT2D eigenvalue weighted by molar-refractivity contribution is -0.137. The minimum Gasteiger partial charge on any atom is -0.497 e. The molecule has 1 N–H and O–H groups in total. The Morgan fingerprint density at radius 1 is 1.10 bits per heavy atom. The molecule has 156 valence electrons. The summed E-state index contributed by atoms with van der Waals surface area (Å²) in [6.07, 6.45) is -0.538. The van der Waals surface area contributed by atoms with Gasteiger partial charge in [-0.2, -0.15) is 13.2 Å². The second kappa shape index (κ2) is 9.31. The first-order valence-electron chi connectivity index (χ1n) is 9.72. The second-order valence-electron chi connectivity index (χ2n) is 7.20. The Labute approximate surface area is 168 Å². The first-order valence-corrected chi connectivity index (χ1v) is 9.72. The van der Waals surface area contributed by atoms with E-state index in [0.29, 0.717) is 0 Å². The number of nitrogens with one attached hydrogen (secondary N) is 1. The molecule has 2 aromatic carbocycles. The summed E-state index contributed by atoms with van der Waals surface area (Å²) in [5.41, 5.74) is 0.0351. The zero-order valence-corrected chi connectivity index (χ0v) is 16.3. The molecular weight excluding hydrogens is 381 g/mol. The van der Waals surface area contributed by atoms with Gasteiger partial charge in [0.05, 0.1) is 24.9 Å². The van der Waals surface area contributed by atoms with E-state index in [1.165, 1.54) is 18.2 Å². The molecule has 3 rings (SSSR count). The van der Waals surface area contributed by atoms with Gasteiger partial charge in [-0.1, -0.05) is 37.1 Å². The molecule has 1 aliphatic heterocycles. The molecule has 4 nitrogen and oxygen atoms in total. The number of para-hydroxylation sites is 1. The number of likely N-dealkylation sites (tertiary alicyclic amines) is 1. The Bertz CT molecular complexity index is 822. The minimum atomic E-state index is -4.52. The molecule has 0 spiro atoms. The van der Waals surface area contributed by atoms with Crippen LogP contribution in [-0.4, -0.2) is 31.0 Å². The average molecular weight is 406 g/mol. The third-order valence-corrected chi connectivity index (χ3v) is 5.22. The van der Waals surface area contributed by atoms with Crippen molar-refractivity contribution in [2.24, 2.45) is 0 Å². The summed E-state index contributed by atoms with van der Waals surface area (Å²) in [6.45, 7) is 0.772. The lowest BCUT2D eigenvalue weighted by Gasteiger charge is -2.30. The lowest BCUT2D eigenvalue weighted by atomic mass is 10.0. The highest BCUT2D eigenvalue weighted by atomic mass is 19.4. The van der Waals surface area contributed by atoms with Gasteiger partial charge in [0.25, 0.3) is 0 Å². The van der Waals surface area contributed by atoms with Crippen LogP contribution in [0, 0.1) is 0 Å². The minimum absolute atomic E-state index is 0.0445. The lowest BCUT2D eigenvalue weighted by Crippen LogP contribution is -2.36. The molecule has 1 fully saturated rings. The number of carbonyl (C=O) groups is 1. The van der Waals surface area contributed by atoms with Crippen LogP contribution in [0.1, 0.15) is 42.9 Å². The Morgan fingerprint density at radius 2 is 1.83 bits per heavy atom. The highest BCUT2D eigenvalue weighted by Crippen LogP contribution is 2.35. The fourth-order valence-corrected chi connectivity index (χ4v) is 3.77. The molecule has 0 aromatic heterocycles. The van der Waals surface area contributed by atoms with Crippen molar-refractivity contribution in [1.29, 1.82) is 0 Å². The van der Waals surface area contributed by atoms with Crippen LogP contribution in [0.15, 0.2) is 48.5 Å². The zero-order chi connectivity index (χ0) is 20.9. The number of carbonyl (C=O) groups excluding carboxylic acids is 1. The van der Waals surface area contributed by atoms with E-state index in [4.69, 9.17) is 4.74 Å². The van der Waals surface area contributed by atoms with Gasteiger partial charge in [-0.05, 0) is 49.2 Å². The topological polar surface area (TPSA) is 41.6 Å². The van der Waals surface area contributed by atoms with E-state index in [9.17, 15) is 18.0 Å². The van der Waals surface area contributed by atoms with Gasteiger partial charge in [-0.15, -0.1) is 0 Å². The Morgan fingerprint density at radius 3 is 2.52 bits per heavy atom. The first kappa shape index (κ1) is 21.2. The Balaban J connectivity index is 1.75. The summed E-state index contributed by atoms with van der Waals surface area (Å²) < 4.78 is 44.8. The summed E-state index contributed by atoms with van der Waals surface area (Å²) in [5, 5.41) is 2.45. The van der Waals surface area contributed by atoms with E-state index < -0.39 is 17.6 Å². The second-order valence-corrected chi connectivity index (χ2v) is 7.20. The van der Waals surface area contributed by atoms with Gasteiger partial charge in [0.15, 0.2) is 0 Å². The maximum absolute atomic E-state index is 13.2. The van der Waals surface area contributed by atoms with Crippen molar-refractivity contribution in [3.05, 3.63) is 59.7 Å². The summed E-state index contributed by atoms with van der Waals surface area (Å²) >= 11 is 0. The van der Waals surface area contributed by atoms with Crippen molar-refractivity contribution in [3.63, 3.8) is 0 Å². The van der Waals surface area contributed by atoms with Crippen LogP contribution in [0.25, 0.3) is 0 Å². The number of halogens is 3. The highest BCUT2D eigenvalue weighted by Gasteiger charge is 2.34. The van der Waals surface area contributed by atoms with E-state index >= 15 is 0 Å². The predicted octanol–water partition coefficient (Wildman–Crippen LogP) is 5.27. The number of alkyl halides is 3. The van der Waals surface area contributed by atoms with E-state index in [-0.39, 0.29) is 18.3 Å². The molecular formula is C22H25F3N2O2. The largest absolute Gasteiger partial charge is 0.497 e. The van der Waals surface area contributed by atoms with E-state index in [1.54, 1.807) is 7.11 Å². The van der Waals surface area contributed by atoms with Crippen LogP contribution in [0.3, 0.4) is 0 Å². The summed E-state index contributed by atoms with van der Waals surface area (Å²) in [6, 6.07) is 12.8. The third kappa shape index (κ3) is 5.50. The molecule has 1 heterocycles. The third-order valence-electron chi connectivity index (χ3n) is 5.22. The molecule has 0 radical (unpaired) electrons. The molecule has 29 heavy (non-hydrogen) atoms. The van der Waals surface area contributed by atoms with Crippen molar-refractivity contribution in [3.8, 4) is 5.75 Å². The van der Waals surface area contributed by atoms with Gasteiger partial charge in [-0.25, -0.2) is 0 Å². The number of hydrogen-bond donors (Lipinski definition) is 1. The van der Waals surface area contributed by atoms with Crippen molar-refractivity contribution in [2.45, 2.75) is 37.9 Å². The first-order chi connectivity index (χ1) is 13.9. The van der Waals surface area contributed by atoms with Gasteiger partial charge in [0.2, 0.25) is 5.91 Å². The van der Waals surface area contributed by atoms with Crippen molar-refractivity contribution in [2.75, 3.05) is 25.5 Å². The highest BCUT2D eigenvalue weighted by molar-refractivity contribution is 5.93. The number of hydrogen-bond acceptors (Lipinski definition) is 3. The Kier molecular flexibility index (Phi) is 6.79. The number of anilines is 1. The summed E-state index contributed by atoms with van der Waals surface area (Å²) in [5.74, 6) is 0.317. The number of methoxy groups -OCH3 is 1. The normalized spacial score (nSPS) is 18.1. The van der Waals surface area contributed by atoms with Gasteiger partial charge >= 0.3 is 6.18 Å². The van der Waals surface area contributed by atoms with Crippen LogP contribution < -0.4 is 10.1 Å².